The van der Waals surface area contributed by atoms with Crippen molar-refractivity contribution in [1.29, 1.82) is 0 Å². The molecule has 1 fully saturated rings. The number of hydrogen-bond acceptors (Lipinski definition) is 8. The van der Waals surface area contributed by atoms with Crippen molar-refractivity contribution in [3.05, 3.63) is 115 Å². The molecule has 0 amide bonds. The molecule has 68 heavy (non-hydrogen) atoms. The van der Waals surface area contributed by atoms with Gasteiger partial charge in [-0.15, -0.1) is 0 Å². The molecule has 1 aliphatic rings. The Hall–Kier alpha value is -3.48. The van der Waals surface area contributed by atoms with Gasteiger partial charge in [-0.3, -0.25) is 0 Å². The van der Waals surface area contributed by atoms with E-state index in [0.717, 1.165) is 22.3 Å². The molecule has 0 atom stereocenters. The van der Waals surface area contributed by atoms with Gasteiger partial charge in [0.05, 0.1) is 19.6 Å². The third kappa shape index (κ3) is 11.6. The molecule has 0 aromatic heterocycles. The fraction of sp³-hybridized carbons (Fsp3) is 0.538. The maximum atomic E-state index is 15.0. The van der Waals surface area contributed by atoms with Crippen LogP contribution in [0.3, 0.4) is 0 Å². The maximum Gasteiger partial charge on any atom is 0.243 e. The lowest BCUT2D eigenvalue weighted by molar-refractivity contribution is 0.179. The second-order valence-corrected chi connectivity index (χ2v) is 26.7. The molecule has 5 rings (SSSR count). The molecular weight excluding hydrogens is 937 g/mol. The van der Waals surface area contributed by atoms with Crippen molar-refractivity contribution >= 4 is 40.1 Å². The molecule has 12 nitrogen and oxygen atoms in total. The highest BCUT2D eigenvalue weighted by molar-refractivity contribution is 7.90. The van der Waals surface area contributed by atoms with Crippen molar-refractivity contribution in [2.75, 3.05) is 39.3 Å². The van der Waals surface area contributed by atoms with Gasteiger partial charge in [-0.05, 0) is 166 Å². The Morgan fingerprint density at radius 1 is 0.353 bits per heavy atom. The Labute approximate surface area is 410 Å². The first-order chi connectivity index (χ1) is 31.6. The van der Waals surface area contributed by atoms with Crippen molar-refractivity contribution < 1.29 is 33.7 Å². The van der Waals surface area contributed by atoms with Crippen molar-refractivity contribution in [3.63, 3.8) is 0 Å². The molecule has 16 heteroatoms. The average molecular weight is 1010 g/mol. The summed E-state index contributed by atoms with van der Waals surface area (Å²) >= 11 is 0. The molecule has 0 spiro atoms. The molecule has 0 unspecified atom stereocenters. The molecule has 1 saturated carbocycles. The summed E-state index contributed by atoms with van der Waals surface area (Å²) in [5.41, 5.74) is 8.98. The highest BCUT2D eigenvalue weighted by atomic mass is 32.2. The van der Waals surface area contributed by atoms with E-state index in [4.69, 9.17) is 0 Å². The lowest BCUT2D eigenvalue weighted by Gasteiger charge is -2.40. The van der Waals surface area contributed by atoms with E-state index in [-0.39, 0.29) is 71.7 Å². The topological polar surface area (TPSA) is 150 Å². The number of aryl methyl sites for hydroxylation is 12. The zero-order chi connectivity index (χ0) is 50.8. The van der Waals surface area contributed by atoms with Crippen LogP contribution in [0.5, 0.6) is 0 Å². The molecule has 1 aliphatic carbocycles. The van der Waals surface area contributed by atoms with Gasteiger partial charge in [0, 0.05) is 51.4 Å². The Bertz CT molecular complexity index is 2670. The lowest BCUT2D eigenvalue weighted by atomic mass is 9.91. The minimum atomic E-state index is -4.11. The van der Waals surface area contributed by atoms with E-state index in [1.165, 1.54) is 8.61 Å². The van der Waals surface area contributed by atoms with Gasteiger partial charge in [-0.25, -0.2) is 33.7 Å². The van der Waals surface area contributed by atoms with Crippen molar-refractivity contribution in [2.45, 2.75) is 167 Å². The molecule has 0 heterocycles. The smallest absolute Gasteiger partial charge is 0.207 e. The Balaban J connectivity index is 1.47. The Kier molecular flexibility index (Phi) is 17.8. The maximum absolute atomic E-state index is 15.0. The molecule has 0 N–H and O–H groups in total. The molecule has 376 valence electrons. The van der Waals surface area contributed by atoms with Gasteiger partial charge in [0.25, 0.3) is 0 Å². The summed E-state index contributed by atoms with van der Waals surface area (Å²) in [4.78, 5) is 1.01. The second-order valence-electron chi connectivity index (χ2n) is 19.3. The minimum absolute atomic E-state index is 0.0628. The zero-order valence-corrected chi connectivity index (χ0v) is 46.2. The predicted octanol–water partition coefficient (Wildman–Crippen LogP) is 9.58. The minimum Gasteiger partial charge on any atom is -0.207 e. The number of hydrogen-bond donors (Lipinski definition) is 0. The first-order valence-corrected chi connectivity index (χ1v) is 29.7. The number of nitrogens with zero attached hydrogens (tertiary/aromatic N) is 4. The highest BCUT2D eigenvalue weighted by Crippen LogP contribution is 2.37. The van der Waals surface area contributed by atoms with Crippen LogP contribution in [0, 0.1) is 83.1 Å². The highest BCUT2D eigenvalue weighted by Gasteiger charge is 2.41. The van der Waals surface area contributed by atoms with Crippen molar-refractivity contribution in [2.24, 2.45) is 0 Å². The van der Waals surface area contributed by atoms with Crippen LogP contribution in [0.15, 0.2) is 68.1 Å². The van der Waals surface area contributed by atoms with E-state index in [1.54, 1.807) is 77.8 Å². The second kappa shape index (κ2) is 21.9. The van der Waals surface area contributed by atoms with Crippen LogP contribution in [-0.2, 0) is 40.1 Å². The molecule has 0 saturated heterocycles. The quantitative estimate of drug-likeness (QED) is 0.0850. The van der Waals surface area contributed by atoms with Gasteiger partial charge in [0.2, 0.25) is 40.1 Å². The summed E-state index contributed by atoms with van der Waals surface area (Å²) in [7, 11) is -16.0. The van der Waals surface area contributed by atoms with Crippen LogP contribution in [0.2, 0.25) is 0 Å². The van der Waals surface area contributed by atoms with Gasteiger partial charge in [-0.2, -0.15) is 17.2 Å². The number of sulfonamides is 4. The summed E-state index contributed by atoms with van der Waals surface area (Å²) in [6.07, 6.45) is 1.95. The van der Waals surface area contributed by atoms with Crippen molar-refractivity contribution in [1.82, 2.24) is 17.2 Å². The average Bonchev–Trinajstić information content (AvgIpc) is 3.18. The predicted molar refractivity (Wildman–Crippen MR) is 275 cm³/mol. The van der Waals surface area contributed by atoms with E-state index >= 15 is 16.8 Å². The molecule has 4 aromatic carbocycles. The fourth-order valence-corrected chi connectivity index (χ4v) is 19.2. The molecular formula is C52H76N4O8S4. The van der Waals surface area contributed by atoms with Crippen LogP contribution in [0.25, 0.3) is 0 Å². The van der Waals surface area contributed by atoms with E-state index in [1.807, 2.05) is 76.2 Å². The van der Waals surface area contributed by atoms with Crippen LogP contribution in [0.4, 0.5) is 0 Å². The van der Waals surface area contributed by atoms with Crippen LogP contribution < -0.4 is 0 Å². The van der Waals surface area contributed by atoms with Gasteiger partial charge < -0.3 is 0 Å². The normalized spacial score (nSPS) is 16.4. The van der Waals surface area contributed by atoms with E-state index in [9.17, 15) is 16.8 Å². The van der Waals surface area contributed by atoms with E-state index in [2.05, 4.69) is 0 Å². The van der Waals surface area contributed by atoms with Crippen LogP contribution >= 0.6 is 0 Å². The summed E-state index contributed by atoms with van der Waals surface area (Å²) in [6, 6.07) is 13.9. The molecule has 0 aliphatic heterocycles. The summed E-state index contributed by atoms with van der Waals surface area (Å²) in [6.45, 7) is 26.4. The largest absolute Gasteiger partial charge is 0.243 e. The van der Waals surface area contributed by atoms with Gasteiger partial charge in [0.1, 0.15) is 0 Å². The zero-order valence-electron chi connectivity index (χ0n) is 42.9. The van der Waals surface area contributed by atoms with Crippen molar-refractivity contribution in [3.8, 4) is 0 Å². The first-order valence-electron chi connectivity index (χ1n) is 24.0. The molecule has 4 aromatic rings. The Morgan fingerprint density at radius 3 is 0.765 bits per heavy atom. The SMILES string of the molecule is CCN(CCCN(C1CCC(N(CCCN(CC)S(=O)(=O)c2c(C)cc(C)cc2C)S(=O)(=O)c2c(C)cc(C)cc2C)CC1)S(=O)(=O)c1c(C)cc(C)cc1C)S(=O)(=O)c1c(C)cc(C)cc1C. The summed E-state index contributed by atoms with van der Waals surface area (Å²) in [5, 5.41) is 0. The summed E-state index contributed by atoms with van der Waals surface area (Å²) < 4.78 is 123. The first kappa shape index (κ1) is 55.4. The standard InChI is InChI=1S/C52H76N4O8S4/c1-15-53(65(57,58)49-39(7)27-35(3)28-40(49)8)23-17-25-55(67(61,62)51-43(11)31-37(5)32-44(51)12)47-19-21-48(22-20-47)56(68(63,64)52-45(13)33-38(6)34-46(52)14)26-18-24-54(16-2)66(59,60)50-41(9)29-36(4)30-42(50)10/h27-34,47-48H,15-26H2,1-14H3. The van der Waals surface area contributed by atoms with E-state index < -0.39 is 52.2 Å². The fourth-order valence-electron chi connectivity index (χ4n) is 11.1. The number of benzene rings is 4. The van der Waals surface area contributed by atoms with Gasteiger partial charge >= 0.3 is 0 Å². The van der Waals surface area contributed by atoms with Gasteiger partial charge in [-0.1, -0.05) is 84.6 Å². The third-order valence-corrected chi connectivity index (χ3v) is 22.6. The third-order valence-electron chi connectivity index (χ3n) is 13.5. The van der Waals surface area contributed by atoms with Crippen LogP contribution in [0.1, 0.15) is 119 Å². The Morgan fingerprint density at radius 2 is 0.559 bits per heavy atom. The number of rotatable bonds is 20. The van der Waals surface area contributed by atoms with Gasteiger partial charge in [0.15, 0.2) is 0 Å². The monoisotopic (exact) mass is 1010 g/mol. The molecule has 0 bridgehead atoms. The van der Waals surface area contributed by atoms with Crippen LogP contribution in [-0.4, -0.2) is 102 Å². The lowest BCUT2D eigenvalue weighted by Crippen LogP contribution is -2.49. The summed E-state index contributed by atoms with van der Waals surface area (Å²) in [5.74, 6) is 0. The van der Waals surface area contributed by atoms with E-state index in [0.29, 0.717) is 70.2 Å². The molecule has 0 radical (unpaired) electrons.